The first-order valence-corrected chi connectivity index (χ1v) is 8.51. The normalized spacial score (nSPS) is 15.9. The first kappa shape index (κ1) is 15.8. The zero-order chi connectivity index (χ0) is 18.5. The van der Waals surface area contributed by atoms with Crippen molar-refractivity contribution < 1.29 is 13.7 Å². The molecule has 0 spiro atoms. The highest BCUT2D eigenvalue weighted by Gasteiger charge is 2.31. The van der Waals surface area contributed by atoms with E-state index < -0.39 is 6.67 Å². The molecule has 136 valence electrons. The molecule has 4 aromatic rings. The van der Waals surface area contributed by atoms with E-state index in [9.17, 15) is 9.18 Å². The molecule has 0 fully saturated rings. The minimum absolute atomic E-state index is 0.142. The largest absolute Gasteiger partial charge is 0.488 e. The van der Waals surface area contributed by atoms with Gasteiger partial charge in [-0.25, -0.2) is 9.18 Å². The van der Waals surface area contributed by atoms with Crippen LogP contribution >= 0.6 is 0 Å². The number of pyridine rings is 1. The number of halogens is 1. The van der Waals surface area contributed by atoms with Crippen molar-refractivity contribution in [1.82, 2.24) is 19.7 Å². The smallest absolute Gasteiger partial charge is 0.327 e. The standard InChI is InChI=1S/C19H15FN4O3/c1-10-16(15(8-20)27-23-10)11-5-6-13-17-18(11)26-9-14(24(17)19(25)22-13)12-4-2-3-7-21-12/h2-7,14H,8-9H2,1H3,(H,22,25). The molecule has 0 amide bonds. The van der Waals surface area contributed by atoms with Crippen LogP contribution < -0.4 is 10.4 Å². The summed E-state index contributed by atoms with van der Waals surface area (Å²) >= 11 is 0. The molecule has 3 aromatic heterocycles. The van der Waals surface area contributed by atoms with Gasteiger partial charge in [0.1, 0.15) is 18.2 Å². The van der Waals surface area contributed by atoms with E-state index in [0.717, 1.165) is 5.69 Å². The van der Waals surface area contributed by atoms with E-state index >= 15 is 0 Å². The fourth-order valence-corrected chi connectivity index (χ4v) is 3.71. The van der Waals surface area contributed by atoms with Crippen LogP contribution in [-0.2, 0) is 6.67 Å². The molecule has 1 atom stereocenters. The Balaban J connectivity index is 1.79. The molecule has 0 radical (unpaired) electrons. The van der Waals surface area contributed by atoms with Gasteiger partial charge in [-0.3, -0.25) is 9.55 Å². The summed E-state index contributed by atoms with van der Waals surface area (Å²) in [6.07, 6.45) is 1.68. The average molecular weight is 366 g/mol. The highest BCUT2D eigenvalue weighted by Crippen LogP contribution is 2.42. The SMILES string of the molecule is Cc1noc(CF)c1-c1ccc2[nH]c(=O)n3c2c1OCC3c1ccccn1. The quantitative estimate of drug-likeness (QED) is 0.602. The number of H-pyrrole nitrogens is 1. The molecule has 8 heteroatoms. The molecule has 1 aliphatic rings. The molecule has 27 heavy (non-hydrogen) atoms. The van der Waals surface area contributed by atoms with E-state index in [1.807, 2.05) is 18.2 Å². The van der Waals surface area contributed by atoms with Crippen LogP contribution in [-0.4, -0.2) is 26.3 Å². The fourth-order valence-electron chi connectivity index (χ4n) is 3.71. The third-order valence-corrected chi connectivity index (χ3v) is 4.88. The van der Waals surface area contributed by atoms with Crippen molar-refractivity contribution in [2.75, 3.05) is 6.61 Å². The van der Waals surface area contributed by atoms with Gasteiger partial charge < -0.3 is 14.2 Å². The van der Waals surface area contributed by atoms with E-state index in [-0.39, 0.29) is 24.1 Å². The van der Waals surface area contributed by atoms with E-state index in [2.05, 4.69) is 15.1 Å². The van der Waals surface area contributed by atoms with Gasteiger partial charge in [0.2, 0.25) is 0 Å². The maximum Gasteiger partial charge on any atom is 0.327 e. The number of aromatic nitrogens is 4. The number of imidazole rings is 1. The lowest BCUT2D eigenvalue weighted by Gasteiger charge is -2.26. The Kier molecular flexibility index (Phi) is 3.40. The van der Waals surface area contributed by atoms with Crippen molar-refractivity contribution in [3.05, 3.63) is 64.2 Å². The second kappa shape index (κ2) is 5.80. The topological polar surface area (TPSA) is 85.9 Å². The van der Waals surface area contributed by atoms with Crippen LogP contribution in [0.4, 0.5) is 4.39 Å². The number of hydrogen-bond donors (Lipinski definition) is 1. The second-order valence-electron chi connectivity index (χ2n) is 6.42. The monoisotopic (exact) mass is 366 g/mol. The Morgan fingerprint density at radius 2 is 2.22 bits per heavy atom. The van der Waals surface area contributed by atoms with Gasteiger partial charge in [0.25, 0.3) is 0 Å². The lowest BCUT2D eigenvalue weighted by atomic mass is 10.0. The molecular formula is C19H15FN4O3. The van der Waals surface area contributed by atoms with Gasteiger partial charge in [0, 0.05) is 11.8 Å². The lowest BCUT2D eigenvalue weighted by molar-refractivity contribution is 0.254. The minimum atomic E-state index is -0.774. The van der Waals surface area contributed by atoms with E-state index in [1.165, 1.54) is 0 Å². The molecule has 7 nitrogen and oxygen atoms in total. The second-order valence-corrected chi connectivity index (χ2v) is 6.42. The van der Waals surface area contributed by atoms with Gasteiger partial charge in [-0.05, 0) is 31.2 Å². The average Bonchev–Trinajstić information content (AvgIpc) is 3.24. The highest BCUT2D eigenvalue weighted by molar-refractivity contribution is 5.92. The Bertz CT molecular complexity index is 1210. The lowest BCUT2D eigenvalue weighted by Crippen LogP contribution is -2.31. The number of benzene rings is 1. The Morgan fingerprint density at radius 1 is 1.33 bits per heavy atom. The molecule has 4 heterocycles. The summed E-state index contributed by atoms with van der Waals surface area (Å²) in [5.41, 5.74) is 3.56. The van der Waals surface area contributed by atoms with Crippen LogP contribution in [0, 0.1) is 6.92 Å². The summed E-state index contributed by atoms with van der Waals surface area (Å²) < 4.78 is 26.2. The first-order valence-electron chi connectivity index (χ1n) is 8.51. The maximum atomic E-state index is 13.4. The summed E-state index contributed by atoms with van der Waals surface area (Å²) in [7, 11) is 0. The van der Waals surface area contributed by atoms with E-state index in [1.54, 1.807) is 29.8 Å². The maximum absolute atomic E-state index is 13.4. The van der Waals surface area contributed by atoms with Gasteiger partial charge in [0.05, 0.1) is 22.5 Å². The molecule has 1 aliphatic heterocycles. The molecule has 1 unspecified atom stereocenters. The van der Waals surface area contributed by atoms with Gasteiger partial charge in [0.15, 0.2) is 18.2 Å². The van der Waals surface area contributed by atoms with Gasteiger partial charge in [-0.15, -0.1) is 0 Å². The summed E-state index contributed by atoms with van der Waals surface area (Å²) in [5, 5.41) is 3.87. The Morgan fingerprint density at radius 3 is 3.00 bits per heavy atom. The molecule has 0 aliphatic carbocycles. The van der Waals surface area contributed by atoms with Gasteiger partial charge in [-0.1, -0.05) is 11.2 Å². The van der Waals surface area contributed by atoms with Crippen LogP contribution in [0.25, 0.3) is 22.2 Å². The molecule has 0 saturated heterocycles. The van der Waals surface area contributed by atoms with Crippen LogP contribution in [0.5, 0.6) is 5.75 Å². The van der Waals surface area contributed by atoms with E-state index in [4.69, 9.17) is 9.26 Å². The molecule has 0 bridgehead atoms. The van der Waals surface area contributed by atoms with Crippen LogP contribution in [0.2, 0.25) is 0 Å². The Hall–Kier alpha value is -3.42. The van der Waals surface area contributed by atoms with Gasteiger partial charge >= 0.3 is 5.69 Å². The summed E-state index contributed by atoms with van der Waals surface area (Å²) in [4.78, 5) is 19.9. The summed E-state index contributed by atoms with van der Waals surface area (Å²) in [6, 6.07) is 8.78. The van der Waals surface area contributed by atoms with Crippen molar-refractivity contribution in [3.8, 4) is 16.9 Å². The van der Waals surface area contributed by atoms with Crippen molar-refractivity contribution in [3.63, 3.8) is 0 Å². The van der Waals surface area contributed by atoms with Crippen molar-refractivity contribution in [2.24, 2.45) is 0 Å². The number of alkyl halides is 1. The summed E-state index contributed by atoms with van der Waals surface area (Å²) in [6.45, 7) is 1.21. The van der Waals surface area contributed by atoms with Gasteiger partial charge in [-0.2, -0.15) is 0 Å². The number of rotatable bonds is 3. The highest BCUT2D eigenvalue weighted by atomic mass is 19.1. The summed E-state index contributed by atoms with van der Waals surface area (Å²) in [5.74, 6) is 0.655. The fraction of sp³-hybridized carbons (Fsp3) is 0.211. The minimum Gasteiger partial charge on any atom is -0.488 e. The molecule has 0 saturated carbocycles. The number of nitrogens with zero attached hydrogens (tertiary/aromatic N) is 3. The Labute approximate surface area is 152 Å². The molecular weight excluding hydrogens is 351 g/mol. The number of nitrogens with one attached hydrogen (secondary N) is 1. The number of ether oxygens (including phenoxy) is 1. The predicted molar refractivity (Wildman–Crippen MR) is 95.5 cm³/mol. The van der Waals surface area contributed by atoms with Crippen molar-refractivity contribution in [2.45, 2.75) is 19.6 Å². The zero-order valence-corrected chi connectivity index (χ0v) is 14.4. The van der Waals surface area contributed by atoms with Crippen LogP contribution in [0.3, 0.4) is 0 Å². The number of aryl methyl sites for hydroxylation is 1. The van der Waals surface area contributed by atoms with Crippen LogP contribution in [0.15, 0.2) is 45.8 Å². The van der Waals surface area contributed by atoms with Crippen LogP contribution in [0.1, 0.15) is 23.2 Å². The predicted octanol–water partition coefficient (Wildman–Crippen LogP) is 3.14. The van der Waals surface area contributed by atoms with Crippen molar-refractivity contribution in [1.29, 1.82) is 0 Å². The third kappa shape index (κ3) is 2.22. The number of hydrogen-bond acceptors (Lipinski definition) is 5. The third-order valence-electron chi connectivity index (χ3n) is 4.88. The molecule has 1 aromatic carbocycles. The molecule has 1 N–H and O–H groups in total. The first-order chi connectivity index (χ1) is 13.2. The molecule has 5 rings (SSSR count). The van der Waals surface area contributed by atoms with Crippen molar-refractivity contribution >= 4 is 11.0 Å². The number of aromatic amines is 1. The zero-order valence-electron chi connectivity index (χ0n) is 14.4. The van der Waals surface area contributed by atoms with E-state index in [0.29, 0.717) is 33.6 Å².